The summed E-state index contributed by atoms with van der Waals surface area (Å²) < 4.78 is 5.43. The highest BCUT2D eigenvalue weighted by Crippen LogP contribution is 2.21. The predicted octanol–water partition coefficient (Wildman–Crippen LogP) is 3.56. The summed E-state index contributed by atoms with van der Waals surface area (Å²) in [7, 11) is 0. The lowest BCUT2D eigenvalue weighted by molar-refractivity contribution is -0.126. The molecule has 27 heavy (non-hydrogen) atoms. The number of unbranched alkanes of at least 4 members (excludes halogenated alkanes) is 2. The fourth-order valence-electron chi connectivity index (χ4n) is 3.50. The molecule has 0 aliphatic carbocycles. The van der Waals surface area contributed by atoms with Gasteiger partial charge >= 0.3 is 0 Å². The van der Waals surface area contributed by atoms with E-state index >= 15 is 0 Å². The van der Waals surface area contributed by atoms with Gasteiger partial charge in [0.15, 0.2) is 0 Å². The lowest BCUT2D eigenvalue weighted by Gasteiger charge is -2.30. The van der Waals surface area contributed by atoms with Crippen LogP contribution in [0.5, 0.6) is 0 Å². The molecule has 0 atom stereocenters. The zero-order chi connectivity index (χ0) is 19.1. The SMILES string of the molecule is CCCCCNC(=O)C1CCN(Cc2nc(-c3cccc(C)c3)no2)CC1. The second-order valence-corrected chi connectivity index (χ2v) is 7.43. The molecule has 6 heteroatoms. The van der Waals surface area contributed by atoms with Crippen LogP contribution in [0, 0.1) is 12.8 Å². The molecule has 0 radical (unpaired) electrons. The van der Waals surface area contributed by atoms with Gasteiger partial charge in [0.1, 0.15) is 0 Å². The maximum Gasteiger partial charge on any atom is 0.241 e. The summed E-state index contributed by atoms with van der Waals surface area (Å²) in [5, 5.41) is 7.19. The zero-order valence-electron chi connectivity index (χ0n) is 16.4. The summed E-state index contributed by atoms with van der Waals surface area (Å²) in [4.78, 5) is 19.1. The molecular weight excluding hydrogens is 340 g/mol. The highest BCUT2D eigenvalue weighted by molar-refractivity contribution is 5.78. The van der Waals surface area contributed by atoms with Gasteiger partial charge in [-0.3, -0.25) is 9.69 Å². The van der Waals surface area contributed by atoms with Crippen molar-refractivity contribution in [2.24, 2.45) is 5.92 Å². The van der Waals surface area contributed by atoms with Crippen LogP contribution in [0.4, 0.5) is 0 Å². The fourth-order valence-corrected chi connectivity index (χ4v) is 3.50. The molecule has 2 aromatic rings. The number of benzene rings is 1. The van der Waals surface area contributed by atoms with Gasteiger partial charge in [-0.05, 0) is 45.3 Å². The van der Waals surface area contributed by atoms with Crippen LogP contribution in [0.2, 0.25) is 0 Å². The Kier molecular flexibility index (Phi) is 6.98. The molecule has 2 heterocycles. The highest BCUT2D eigenvalue weighted by atomic mass is 16.5. The molecule has 1 amide bonds. The quantitative estimate of drug-likeness (QED) is 0.720. The first-order valence-corrected chi connectivity index (χ1v) is 10.1. The smallest absolute Gasteiger partial charge is 0.241 e. The molecule has 1 fully saturated rings. The van der Waals surface area contributed by atoms with Crippen LogP contribution in [0.25, 0.3) is 11.4 Å². The first-order chi connectivity index (χ1) is 13.2. The first-order valence-electron chi connectivity index (χ1n) is 10.1. The van der Waals surface area contributed by atoms with E-state index in [4.69, 9.17) is 4.52 Å². The number of amides is 1. The number of rotatable bonds is 8. The Morgan fingerprint density at radius 2 is 2.11 bits per heavy atom. The van der Waals surface area contributed by atoms with Crippen molar-refractivity contribution in [3.63, 3.8) is 0 Å². The van der Waals surface area contributed by atoms with Gasteiger partial charge in [0.2, 0.25) is 17.6 Å². The van der Waals surface area contributed by atoms with Gasteiger partial charge in [-0.15, -0.1) is 0 Å². The first kappa shape index (κ1) is 19.5. The van der Waals surface area contributed by atoms with E-state index in [1.54, 1.807) is 0 Å². The third-order valence-electron chi connectivity index (χ3n) is 5.14. The summed E-state index contributed by atoms with van der Waals surface area (Å²) in [6.07, 6.45) is 5.20. The summed E-state index contributed by atoms with van der Waals surface area (Å²) in [5.74, 6) is 1.61. The van der Waals surface area contributed by atoms with E-state index in [1.165, 1.54) is 18.4 Å². The number of nitrogens with one attached hydrogen (secondary N) is 1. The lowest BCUT2D eigenvalue weighted by atomic mass is 9.96. The van der Waals surface area contributed by atoms with Gasteiger partial charge in [0.25, 0.3) is 0 Å². The molecule has 0 unspecified atom stereocenters. The summed E-state index contributed by atoms with van der Waals surface area (Å²) in [6.45, 7) is 7.43. The van der Waals surface area contributed by atoms with E-state index in [0.717, 1.165) is 44.5 Å². The van der Waals surface area contributed by atoms with Crippen LogP contribution >= 0.6 is 0 Å². The Hall–Kier alpha value is -2.21. The Balaban J connectivity index is 1.45. The molecule has 6 nitrogen and oxygen atoms in total. The minimum atomic E-state index is 0.133. The number of carbonyl (C=O) groups is 1. The van der Waals surface area contributed by atoms with E-state index in [1.807, 2.05) is 12.1 Å². The van der Waals surface area contributed by atoms with Gasteiger partial charge in [-0.2, -0.15) is 4.98 Å². The number of piperidine rings is 1. The van der Waals surface area contributed by atoms with Crippen molar-refractivity contribution < 1.29 is 9.32 Å². The molecule has 1 aliphatic rings. The number of hydrogen-bond donors (Lipinski definition) is 1. The van der Waals surface area contributed by atoms with Crippen molar-refractivity contribution in [1.29, 1.82) is 0 Å². The van der Waals surface area contributed by atoms with Crippen molar-refractivity contribution in [3.8, 4) is 11.4 Å². The van der Waals surface area contributed by atoms with Crippen molar-refractivity contribution >= 4 is 5.91 Å². The van der Waals surface area contributed by atoms with E-state index in [-0.39, 0.29) is 11.8 Å². The van der Waals surface area contributed by atoms with Crippen molar-refractivity contribution in [2.45, 2.75) is 52.5 Å². The van der Waals surface area contributed by atoms with Crippen molar-refractivity contribution in [3.05, 3.63) is 35.7 Å². The van der Waals surface area contributed by atoms with Gasteiger partial charge in [-0.25, -0.2) is 0 Å². The average Bonchev–Trinajstić information content (AvgIpc) is 3.14. The van der Waals surface area contributed by atoms with E-state index in [0.29, 0.717) is 18.3 Å². The standard InChI is InChI=1S/C21H30N4O2/c1-3-4-5-11-22-21(26)17-9-12-25(13-10-17)15-19-23-20(24-27-19)18-8-6-7-16(2)14-18/h6-8,14,17H,3-5,9-13,15H2,1-2H3,(H,22,26). The monoisotopic (exact) mass is 370 g/mol. The largest absolute Gasteiger partial charge is 0.356 e. The second-order valence-electron chi connectivity index (χ2n) is 7.43. The molecule has 1 saturated heterocycles. The number of aromatic nitrogens is 2. The Labute approximate surface area is 161 Å². The third-order valence-corrected chi connectivity index (χ3v) is 5.14. The van der Waals surface area contributed by atoms with Gasteiger partial charge in [0.05, 0.1) is 6.54 Å². The number of hydrogen-bond acceptors (Lipinski definition) is 5. The van der Waals surface area contributed by atoms with E-state index < -0.39 is 0 Å². The lowest BCUT2D eigenvalue weighted by Crippen LogP contribution is -2.40. The van der Waals surface area contributed by atoms with Crippen LogP contribution in [0.1, 0.15) is 50.5 Å². The van der Waals surface area contributed by atoms with Crippen LogP contribution in [0.3, 0.4) is 0 Å². The zero-order valence-corrected chi connectivity index (χ0v) is 16.4. The molecule has 3 rings (SSSR count). The highest BCUT2D eigenvalue weighted by Gasteiger charge is 2.25. The number of aryl methyl sites for hydroxylation is 1. The Morgan fingerprint density at radius 1 is 1.30 bits per heavy atom. The summed E-state index contributed by atoms with van der Waals surface area (Å²) in [6, 6.07) is 8.10. The van der Waals surface area contributed by atoms with Crippen LogP contribution in [-0.2, 0) is 11.3 Å². The molecule has 0 spiro atoms. The Morgan fingerprint density at radius 3 is 2.85 bits per heavy atom. The van der Waals surface area contributed by atoms with Gasteiger partial charge < -0.3 is 9.84 Å². The molecule has 1 aromatic heterocycles. The molecule has 1 aromatic carbocycles. The number of likely N-dealkylation sites (tertiary alicyclic amines) is 1. The normalized spacial score (nSPS) is 15.8. The second kappa shape index (κ2) is 9.65. The molecule has 1 N–H and O–H groups in total. The van der Waals surface area contributed by atoms with Crippen molar-refractivity contribution in [1.82, 2.24) is 20.4 Å². The van der Waals surface area contributed by atoms with Crippen LogP contribution in [0.15, 0.2) is 28.8 Å². The average molecular weight is 370 g/mol. The Bertz CT molecular complexity index is 735. The molecule has 0 saturated carbocycles. The van der Waals surface area contributed by atoms with Crippen LogP contribution < -0.4 is 5.32 Å². The minimum Gasteiger partial charge on any atom is -0.356 e. The minimum absolute atomic E-state index is 0.133. The fraction of sp³-hybridized carbons (Fsp3) is 0.571. The van der Waals surface area contributed by atoms with Crippen LogP contribution in [-0.4, -0.2) is 40.6 Å². The van der Waals surface area contributed by atoms with E-state index in [9.17, 15) is 4.79 Å². The molecule has 146 valence electrons. The van der Waals surface area contributed by atoms with Gasteiger partial charge in [-0.1, -0.05) is 48.7 Å². The topological polar surface area (TPSA) is 71.3 Å². The summed E-state index contributed by atoms with van der Waals surface area (Å²) in [5.41, 5.74) is 2.15. The maximum atomic E-state index is 12.2. The summed E-state index contributed by atoms with van der Waals surface area (Å²) >= 11 is 0. The number of nitrogens with zero attached hydrogens (tertiary/aromatic N) is 3. The molecule has 1 aliphatic heterocycles. The molecular formula is C21H30N4O2. The maximum absolute atomic E-state index is 12.2. The predicted molar refractivity (Wildman–Crippen MR) is 105 cm³/mol. The van der Waals surface area contributed by atoms with Crippen molar-refractivity contribution in [2.75, 3.05) is 19.6 Å². The van der Waals surface area contributed by atoms with E-state index in [2.05, 4.69) is 46.3 Å². The van der Waals surface area contributed by atoms with Gasteiger partial charge in [0, 0.05) is 18.0 Å². The third kappa shape index (κ3) is 5.63. The molecule has 0 bridgehead atoms. The number of carbonyl (C=O) groups excluding carboxylic acids is 1.